The molecule has 1 aliphatic carbocycles. The van der Waals surface area contributed by atoms with E-state index in [1.54, 1.807) is 0 Å². The Bertz CT molecular complexity index is 443. The van der Waals surface area contributed by atoms with E-state index in [1.165, 1.54) is 18.2 Å². The molecular formula is C15H16O2. The van der Waals surface area contributed by atoms with E-state index >= 15 is 0 Å². The third-order valence-electron chi connectivity index (χ3n) is 2.96. The fraction of sp³-hybridized carbons (Fsp3) is 0.267. The predicted molar refractivity (Wildman–Crippen MR) is 68.3 cm³/mol. The number of carbonyl (C=O) groups is 1. The van der Waals surface area contributed by atoms with Crippen LogP contribution in [0.15, 0.2) is 48.6 Å². The Balaban J connectivity index is 2.17. The lowest BCUT2D eigenvalue weighted by atomic mass is 10.0. The number of esters is 1. The topological polar surface area (TPSA) is 26.3 Å². The van der Waals surface area contributed by atoms with Crippen LogP contribution < -0.4 is 0 Å². The average Bonchev–Trinajstić information content (AvgIpc) is 2.64. The van der Waals surface area contributed by atoms with Gasteiger partial charge in [-0.05, 0) is 24.0 Å². The highest BCUT2D eigenvalue weighted by atomic mass is 16.5. The van der Waals surface area contributed by atoms with Gasteiger partial charge in [0.1, 0.15) is 0 Å². The highest BCUT2D eigenvalue weighted by Gasteiger charge is 2.16. The van der Waals surface area contributed by atoms with Crippen molar-refractivity contribution >= 4 is 11.5 Å². The summed E-state index contributed by atoms with van der Waals surface area (Å²) in [5.74, 6) is -0.263. The van der Waals surface area contributed by atoms with Gasteiger partial charge in [-0.3, -0.25) is 4.79 Å². The Hall–Kier alpha value is -1.83. The Labute approximate surface area is 102 Å². The largest absolute Gasteiger partial charge is 0.469 e. The number of allylic oxidation sites excluding steroid dienone is 3. The molecular weight excluding hydrogens is 212 g/mol. The van der Waals surface area contributed by atoms with Crippen LogP contribution in [-0.2, 0) is 9.53 Å². The lowest BCUT2D eigenvalue weighted by Crippen LogP contribution is -2.13. The molecule has 0 saturated heterocycles. The fourth-order valence-electron chi connectivity index (χ4n) is 1.99. The van der Waals surface area contributed by atoms with Gasteiger partial charge in [-0.25, -0.2) is 0 Å². The maximum Gasteiger partial charge on any atom is 0.312 e. The molecule has 0 fully saturated rings. The van der Waals surface area contributed by atoms with Crippen molar-refractivity contribution in [3.8, 4) is 0 Å². The van der Waals surface area contributed by atoms with Gasteiger partial charge in [0, 0.05) is 0 Å². The Kier molecular flexibility index (Phi) is 3.76. The zero-order valence-corrected chi connectivity index (χ0v) is 9.93. The molecule has 88 valence electrons. The highest BCUT2D eigenvalue weighted by Crippen LogP contribution is 2.23. The third kappa shape index (κ3) is 2.84. The van der Waals surface area contributed by atoms with Crippen LogP contribution in [0.4, 0.5) is 0 Å². The van der Waals surface area contributed by atoms with Crippen LogP contribution in [0.25, 0.3) is 5.57 Å². The molecule has 17 heavy (non-hydrogen) atoms. The molecule has 0 N–H and O–H groups in total. The lowest BCUT2D eigenvalue weighted by Gasteiger charge is -2.06. The lowest BCUT2D eigenvalue weighted by molar-refractivity contribution is -0.143. The molecule has 0 amide bonds. The highest BCUT2D eigenvalue weighted by molar-refractivity contribution is 5.79. The second-order valence-electron chi connectivity index (χ2n) is 4.09. The summed E-state index contributed by atoms with van der Waals surface area (Å²) in [7, 11) is 1.44. The van der Waals surface area contributed by atoms with Crippen molar-refractivity contribution in [1.82, 2.24) is 0 Å². The average molecular weight is 228 g/mol. The van der Waals surface area contributed by atoms with E-state index < -0.39 is 0 Å². The zero-order chi connectivity index (χ0) is 12.1. The molecule has 1 aromatic carbocycles. The van der Waals surface area contributed by atoms with Gasteiger partial charge in [-0.2, -0.15) is 0 Å². The first-order valence-corrected chi connectivity index (χ1v) is 5.83. The van der Waals surface area contributed by atoms with Crippen LogP contribution in [0.2, 0.25) is 0 Å². The van der Waals surface area contributed by atoms with Crippen LogP contribution >= 0.6 is 0 Å². The molecule has 2 rings (SSSR count). The van der Waals surface area contributed by atoms with E-state index in [4.69, 9.17) is 4.74 Å². The van der Waals surface area contributed by atoms with Crippen molar-refractivity contribution in [3.05, 3.63) is 54.1 Å². The standard InChI is InChI=1S/C15H16O2/c1-17-15(16)14-9-5-8-13(10-11-14)12-6-3-2-4-7-12/h2-4,6-8,10-11,14H,5,9H2,1H3. The number of rotatable bonds is 2. The Morgan fingerprint density at radius 2 is 2.06 bits per heavy atom. The van der Waals surface area contributed by atoms with E-state index in [9.17, 15) is 4.79 Å². The first-order valence-electron chi connectivity index (χ1n) is 5.83. The minimum absolute atomic E-state index is 0.113. The van der Waals surface area contributed by atoms with Crippen LogP contribution in [0, 0.1) is 5.92 Å². The van der Waals surface area contributed by atoms with E-state index in [0.717, 1.165) is 12.8 Å². The van der Waals surface area contributed by atoms with Crippen molar-refractivity contribution in [3.63, 3.8) is 0 Å². The summed E-state index contributed by atoms with van der Waals surface area (Å²) in [5.41, 5.74) is 2.37. The van der Waals surface area contributed by atoms with E-state index in [1.807, 2.05) is 30.4 Å². The number of benzene rings is 1. The molecule has 0 aliphatic heterocycles. The number of hydrogen-bond acceptors (Lipinski definition) is 2. The number of methoxy groups -OCH3 is 1. The maximum atomic E-state index is 11.5. The molecule has 0 saturated carbocycles. The van der Waals surface area contributed by atoms with E-state index in [0.29, 0.717) is 0 Å². The van der Waals surface area contributed by atoms with Gasteiger partial charge in [0.25, 0.3) is 0 Å². The SMILES string of the molecule is COC(=O)C1C=CC(c2ccccc2)=CCC1. The van der Waals surface area contributed by atoms with Crippen molar-refractivity contribution in [2.24, 2.45) is 5.92 Å². The molecule has 1 aromatic rings. The quantitative estimate of drug-likeness (QED) is 0.726. The van der Waals surface area contributed by atoms with Crippen molar-refractivity contribution in [1.29, 1.82) is 0 Å². The molecule has 0 radical (unpaired) electrons. The molecule has 2 heteroatoms. The van der Waals surface area contributed by atoms with E-state index in [2.05, 4.69) is 18.2 Å². The van der Waals surface area contributed by atoms with Gasteiger partial charge in [-0.15, -0.1) is 0 Å². The smallest absolute Gasteiger partial charge is 0.312 e. The Morgan fingerprint density at radius 1 is 1.29 bits per heavy atom. The summed E-state index contributed by atoms with van der Waals surface area (Å²) < 4.78 is 4.77. The number of carbonyl (C=O) groups excluding carboxylic acids is 1. The molecule has 1 atom stereocenters. The van der Waals surface area contributed by atoms with Crippen LogP contribution in [0.5, 0.6) is 0 Å². The maximum absolute atomic E-state index is 11.5. The third-order valence-corrected chi connectivity index (χ3v) is 2.96. The Morgan fingerprint density at radius 3 is 2.76 bits per heavy atom. The number of hydrogen-bond donors (Lipinski definition) is 0. The summed E-state index contributed by atoms with van der Waals surface area (Å²) >= 11 is 0. The summed E-state index contributed by atoms with van der Waals surface area (Å²) in [6, 6.07) is 10.2. The van der Waals surface area contributed by atoms with Gasteiger partial charge < -0.3 is 4.74 Å². The first-order chi connectivity index (χ1) is 8.31. The van der Waals surface area contributed by atoms with Gasteiger partial charge in [0.2, 0.25) is 0 Å². The predicted octanol–water partition coefficient (Wildman–Crippen LogP) is 3.21. The van der Waals surface area contributed by atoms with Crippen molar-refractivity contribution in [2.45, 2.75) is 12.8 Å². The minimum Gasteiger partial charge on any atom is -0.469 e. The second-order valence-corrected chi connectivity index (χ2v) is 4.09. The van der Waals surface area contributed by atoms with Gasteiger partial charge in [0.05, 0.1) is 13.0 Å². The van der Waals surface area contributed by atoms with Crippen LogP contribution in [0.3, 0.4) is 0 Å². The fourth-order valence-corrected chi connectivity index (χ4v) is 1.99. The van der Waals surface area contributed by atoms with Crippen molar-refractivity contribution in [2.75, 3.05) is 7.11 Å². The van der Waals surface area contributed by atoms with Gasteiger partial charge in [0.15, 0.2) is 0 Å². The first kappa shape index (κ1) is 11.6. The molecule has 0 spiro atoms. The molecule has 2 nitrogen and oxygen atoms in total. The summed E-state index contributed by atoms with van der Waals surface area (Å²) in [6.07, 6.45) is 7.85. The molecule has 0 bridgehead atoms. The van der Waals surface area contributed by atoms with Crippen LogP contribution in [-0.4, -0.2) is 13.1 Å². The number of ether oxygens (including phenoxy) is 1. The summed E-state index contributed by atoms with van der Waals surface area (Å²) in [6.45, 7) is 0. The second kappa shape index (κ2) is 5.48. The molecule has 1 unspecified atom stereocenters. The zero-order valence-electron chi connectivity index (χ0n) is 9.93. The molecule has 1 aliphatic rings. The minimum atomic E-state index is -0.149. The van der Waals surface area contributed by atoms with E-state index in [-0.39, 0.29) is 11.9 Å². The monoisotopic (exact) mass is 228 g/mol. The van der Waals surface area contributed by atoms with Crippen LogP contribution in [0.1, 0.15) is 18.4 Å². The normalized spacial score (nSPS) is 19.4. The van der Waals surface area contributed by atoms with Crippen molar-refractivity contribution < 1.29 is 9.53 Å². The molecule has 0 aromatic heterocycles. The molecule has 0 heterocycles. The van der Waals surface area contributed by atoms with Gasteiger partial charge in [-0.1, -0.05) is 48.6 Å². The summed E-state index contributed by atoms with van der Waals surface area (Å²) in [5, 5.41) is 0. The van der Waals surface area contributed by atoms with Gasteiger partial charge >= 0.3 is 5.97 Å². The summed E-state index contributed by atoms with van der Waals surface area (Å²) in [4.78, 5) is 11.5.